The van der Waals surface area contributed by atoms with E-state index >= 15 is 0 Å². The van der Waals surface area contributed by atoms with Gasteiger partial charge in [-0.15, -0.1) is 0 Å². The molecule has 0 saturated heterocycles. The van der Waals surface area contributed by atoms with Gasteiger partial charge in [-0.1, -0.05) is 68.2 Å². The molecule has 7 nitrogen and oxygen atoms in total. The quantitative estimate of drug-likeness (QED) is 0.0865. The van der Waals surface area contributed by atoms with Crippen LogP contribution in [0.3, 0.4) is 0 Å². The summed E-state index contributed by atoms with van der Waals surface area (Å²) in [5, 5.41) is 1.76. The number of hydroxylamine groups is 2. The Hall–Kier alpha value is -0.746. The van der Waals surface area contributed by atoms with Crippen LogP contribution in [0.5, 0.6) is 0 Å². The van der Waals surface area contributed by atoms with Crippen molar-refractivity contribution in [3.05, 3.63) is 0 Å². The van der Waals surface area contributed by atoms with Crippen molar-refractivity contribution in [2.45, 2.75) is 175 Å². The number of carbonyl (C=O) groups is 2. The van der Waals surface area contributed by atoms with Crippen molar-refractivity contribution in [1.82, 2.24) is 5.06 Å². The first-order valence-corrected chi connectivity index (χ1v) is 21.8. The molecule has 0 aromatic heterocycles. The lowest BCUT2D eigenvalue weighted by molar-refractivity contribution is -0.168. The Kier molecular flexibility index (Phi) is 20.9. The van der Waals surface area contributed by atoms with Crippen molar-refractivity contribution in [1.29, 1.82) is 0 Å². The molecule has 41 heavy (non-hydrogen) atoms. The molecule has 0 unspecified atom stereocenters. The van der Waals surface area contributed by atoms with E-state index < -0.39 is 16.6 Å². The third-order valence-corrected chi connectivity index (χ3v) is 17.6. The van der Waals surface area contributed by atoms with Crippen LogP contribution in [-0.4, -0.2) is 66.5 Å². The Labute approximate surface area is 257 Å². The van der Waals surface area contributed by atoms with Crippen LogP contribution in [-0.2, 0) is 28.0 Å². The number of rotatable bonds is 18. The third kappa shape index (κ3) is 18.5. The van der Waals surface area contributed by atoms with E-state index in [1.807, 2.05) is 6.92 Å². The summed E-state index contributed by atoms with van der Waals surface area (Å²) in [6, 6.07) is 0. The van der Waals surface area contributed by atoms with Gasteiger partial charge in [-0.25, -0.2) is 5.06 Å². The molecular formula is C32H69NO6Si2. The van der Waals surface area contributed by atoms with Gasteiger partial charge < -0.3 is 13.6 Å². The fourth-order valence-electron chi connectivity index (χ4n) is 3.80. The second-order valence-corrected chi connectivity index (χ2v) is 23.8. The van der Waals surface area contributed by atoms with Gasteiger partial charge in [0.2, 0.25) is 5.91 Å². The molecule has 246 valence electrons. The van der Waals surface area contributed by atoms with Crippen molar-refractivity contribution in [2.24, 2.45) is 0 Å². The molecule has 0 fully saturated rings. The van der Waals surface area contributed by atoms with Crippen molar-refractivity contribution in [3.8, 4) is 0 Å². The van der Waals surface area contributed by atoms with Crippen LogP contribution < -0.4 is 0 Å². The van der Waals surface area contributed by atoms with E-state index in [0.717, 1.165) is 51.4 Å². The van der Waals surface area contributed by atoms with Crippen molar-refractivity contribution in [2.75, 3.05) is 20.8 Å². The number of carbonyl (C=O) groups excluding carboxylic acids is 2. The lowest BCUT2D eigenvalue weighted by atomic mass is 10.1. The highest BCUT2D eigenvalue weighted by Gasteiger charge is 2.39. The predicted molar refractivity (Wildman–Crippen MR) is 178 cm³/mol. The molecule has 0 radical (unpaired) electrons. The lowest BCUT2D eigenvalue weighted by Crippen LogP contribution is -2.44. The molecule has 0 aromatic carbocycles. The molecule has 9 heteroatoms. The van der Waals surface area contributed by atoms with Crippen LogP contribution in [0, 0.1) is 0 Å². The maximum Gasteiger partial charge on any atom is 0.305 e. The number of hydrogen-bond donors (Lipinski definition) is 0. The van der Waals surface area contributed by atoms with Crippen molar-refractivity contribution < 1.29 is 28.0 Å². The van der Waals surface area contributed by atoms with Gasteiger partial charge in [0, 0.05) is 32.1 Å². The molecule has 0 heterocycles. The van der Waals surface area contributed by atoms with Gasteiger partial charge in [0.15, 0.2) is 16.6 Å². The molecule has 0 aliphatic heterocycles. The minimum Gasteiger partial charge on any atom is -0.466 e. The summed E-state index contributed by atoms with van der Waals surface area (Å²) in [5.41, 5.74) is 0. The average molecular weight is 620 g/mol. The minimum absolute atomic E-state index is 0.0278. The Balaban J connectivity index is 0. The second-order valence-electron chi connectivity index (χ2n) is 14.2. The normalized spacial score (nSPS) is 14.1. The molecule has 1 amide bonds. The lowest BCUT2D eigenvalue weighted by Gasteiger charge is -2.39. The predicted octanol–water partition coefficient (Wildman–Crippen LogP) is 9.28. The van der Waals surface area contributed by atoms with Crippen LogP contribution in [0.25, 0.3) is 0 Å². The zero-order valence-corrected chi connectivity index (χ0v) is 31.8. The molecule has 0 rings (SSSR count). The highest BCUT2D eigenvalue weighted by atomic mass is 28.4. The summed E-state index contributed by atoms with van der Waals surface area (Å²) >= 11 is 0. The summed E-state index contributed by atoms with van der Waals surface area (Å²) in [6.07, 6.45) is 9.60. The molecule has 0 aliphatic carbocycles. The van der Waals surface area contributed by atoms with Gasteiger partial charge in [0.05, 0.1) is 13.7 Å². The first-order chi connectivity index (χ1) is 18.7. The second kappa shape index (κ2) is 20.3. The van der Waals surface area contributed by atoms with Crippen LogP contribution in [0.4, 0.5) is 0 Å². The average Bonchev–Trinajstić information content (AvgIpc) is 2.82. The van der Waals surface area contributed by atoms with Crippen LogP contribution in [0.1, 0.15) is 127 Å². The maximum atomic E-state index is 11.7. The maximum absolute atomic E-state index is 11.7. The minimum atomic E-state index is -1.73. The van der Waals surface area contributed by atoms with Crippen molar-refractivity contribution >= 4 is 28.5 Å². The number of hydrogen-bond acceptors (Lipinski definition) is 6. The first kappa shape index (κ1) is 42.4. The van der Waals surface area contributed by atoms with Crippen LogP contribution >= 0.6 is 0 Å². The van der Waals surface area contributed by atoms with Gasteiger partial charge in [-0.05, 0) is 81.7 Å². The van der Waals surface area contributed by atoms with Crippen LogP contribution in [0.15, 0.2) is 0 Å². The summed E-state index contributed by atoms with van der Waals surface area (Å²) < 4.78 is 17.9. The first-order valence-electron chi connectivity index (χ1n) is 16.0. The van der Waals surface area contributed by atoms with E-state index in [-0.39, 0.29) is 34.2 Å². The van der Waals surface area contributed by atoms with E-state index in [4.69, 9.17) is 18.4 Å². The van der Waals surface area contributed by atoms with Gasteiger partial charge >= 0.3 is 5.97 Å². The summed E-state index contributed by atoms with van der Waals surface area (Å²) in [7, 11) is -0.282. The largest absolute Gasteiger partial charge is 0.466 e. The monoisotopic (exact) mass is 619 g/mol. The Morgan fingerprint density at radius 1 is 0.707 bits per heavy atom. The SMILES string of the molecule is CCC[C@@H](CCCC(=O)N(C)OC)O[Si](C)(C)C(C)(C)C.CCC[C@@H](CCCC(=O)OCC)O[Si](C)(C)C(C)(C)C. The van der Waals surface area contributed by atoms with E-state index in [1.165, 1.54) is 12.2 Å². The van der Waals surface area contributed by atoms with E-state index in [2.05, 4.69) is 81.6 Å². The highest BCUT2D eigenvalue weighted by molar-refractivity contribution is 6.74. The zero-order valence-electron chi connectivity index (χ0n) is 29.8. The Morgan fingerprint density at radius 2 is 1.10 bits per heavy atom. The van der Waals surface area contributed by atoms with Gasteiger partial charge in [-0.2, -0.15) is 0 Å². The Bertz CT molecular complexity index is 716. The van der Waals surface area contributed by atoms with E-state index in [1.54, 1.807) is 7.05 Å². The number of amides is 1. The molecule has 0 saturated carbocycles. The molecule has 2 atom stereocenters. The summed E-state index contributed by atoms with van der Waals surface area (Å²) in [6.45, 7) is 29.4. The summed E-state index contributed by atoms with van der Waals surface area (Å²) in [5.74, 6) is -0.0600. The highest BCUT2D eigenvalue weighted by Crippen LogP contribution is 2.39. The fraction of sp³-hybridized carbons (Fsp3) is 0.938. The van der Waals surface area contributed by atoms with Gasteiger partial charge in [0.25, 0.3) is 0 Å². The molecule has 0 aromatic rings. The molecule has 0 spiro atoms. The topological polar surface area (TPSA) is 74.3 Å². The van der Waals surface area contributed by atoms with Gasteiger partial charge in [0.1, 0.15) is 0 Å². The molecule has 0 bridgehead atoms. The smallest absolute Gasteiger partial charge is 0.305 e. The van der Waals surface area contributed by atoms with Crippen molar-refractivity contribution in [3.63, 3.8) is 0 Å². The number of ether oxygens (including phenoxy) is 1. The van der Waals surface area contributed by atoms with Gasteiger partial charge in [-0.3, -0.25) is 14.4 Å². The standard InChI is InChI=1S/C16H35NO3Si.C16H34O3Si/c1-9-11-14(20-21(7,8)16(2,3)4)12-10-13-15(18)17(5)19-6;1-8-11-14(12-10-13-15(17)18-9-2)19-20(6,7)16(3,4)5/h14H,9-13H2,1-8H3;14H,8-13H2,1-7H3/t2*14-/m00/s1. The van der Waals surface area contributed by atoms with E-state index in [9.17, 15) is 9.59 Å². The Morgan fingerprint density at radius 3 is 1.41 bits per heavy atom. The van der Waals surface area contributed by atoms with Crippen LogP contribution in [0.2, 0.25) is 36.3 Å². The molecule has 0 aliphatic rings. The van der Waals surface area contributed by atoms with E-state index in [0.29, 0.717) is 19.4 Å². The molecular weight excluding hydrogens is 551 g/mol. The summed E-state index contributed by atoms with van der Waals surface area (Å²) in [4.78, 5) is 28.0. The zero-order chi connectivity index (χ0) is 32.5. The number of nitrogens with zero attached hydrogens (tertiary/aromatic N) is 1. The number of esters is 1. The molecule has 0 N–H and O–H groups in total. The fourth-order valence-corrected chi connectivity index (χ4v) is 6.65. The third-order valence-electron chi connectivity index (χ3n) is 8.51.